The highest BCUT2D eigenvalue weighted by atomic mass is 16.5. The maximum Gasteiger partial charge on any atom is 0.244 e. The van der Waals surface area contributed by atoms with E-state index in [2.05, 4.69) is 10.1 Å². The molecule has 1 fully saturated rings. The fourth-order valence-electron chi connectivity index (χ4n) is 2.72. The number of hydrogen-bond acceptors (Lipinski definition) is 4. The van der Waals surface area contributed by atoms with Gasteiger partial charge in [0.1, 0.15) is 12.6 Å². The topological polar surface area (TPSA) is 60.2 Å². The molecule has 0 bridgehead atoms. The van der Waals surface area contributed by atoms with Gasteiger partial charge in [0, 0.05) is 24.6 Å². The monoisotopic (exact) mass is 300 g/mol. The second kappa shape index (κ2) is 6.27. The van der Waals surface area contributed by atoms with E-state index in [-0.39, 0.29) is 18.6 Å². The van der Waals surface area contributed by atoms with Gasteiger partial charge in [-0.15, -0.1) is 0 Å². The number of hydrogen-bond donors (Lipinski definition) is 0. The molecule has 0 spiro atoms. The second-order valence-electron chi connectivity index (χ2n) is 5.56. The van der Waals surface area contributed by atoms with Gasteiger partial charge in [-0.05, 0) is 37.6 Å². The van der Waals surface area contributed by atoms with Crippen molar-refractivity contribution in [3.8, 4) is 0 Å². The average Bonchev–Trinajstić information content (AvgIpc) is 2.86. The fraction of sp³-hybridized carbons (Fsp3) is 0.438. The number of carbonyl (C=O) groups is 1. The van der Waals surface area contributed by atoms with Crippen LogP contribution in [0.4, 0.5) is 0 Å². The van der Waals surface area contributed by atoms with Crippen molar-refractivity contribution in [2.45, 2.75) is 26.5 Å². The van der Waals surface area contributed by atoms with E-state index in [1.54, 1.807) is 17.1 Å². The van der Waals surface area contributed by atoms with Crippen molar-refractivity contribution in [3.05, 3.63) is 47.5 Å². The lowest BCUT2D eigenvalue weighted by atomic mass is 10.1. The van der Waals surface area contributed by atoms with Gasteiger partial charge in [0.2, 0.25) is 5.91 Å². The number of carbonyl (C=O) groups excluding carboxylic acids is 1. The van der Waals surface area contributed by atoms with Crippen molar-refractivity contribution in [2.75, 3.05) is 19.7 Å². The number of pyridine rings is 1. The van der Waals surface area contributed by atoms with Crippen molar-refractivity contribution in [2.24, 2.45) is 0 Å². The Morgan fingerprint density at radius 2 is 2.14 bits per heavy atom. The molecule has 0 saturated carbocycles. The Morgan fingerprint density at radius 3 is 2.82 bits per heavy atom. The van der Waals surface area contributed by atoms with Crippen molar-refractivity contribution in [1.82, 2.24) is 19.7 Å². The minimum atomic E-state index is -0.0823. The minimum absolute atomic E-state index is 0.0774. The van der Waals surface area contributed by atoms with Gasteiger partial charge in [0.25, 0.3) is 0 Å². The van der Waals surface area contributed by atoms with Crippen LogP contribution in [-0.4, -0.2) is 45.3 Å². The molecule has 1 aliphatic heterocycles. The molecule has 2 aromatic heterocycles. The van der Waals surface area contributed by atoms with Crippen molar-refractivity contribution >= 4 is 5.91 Å². The summed E-state index contributed by atoms with van der Waals surface area (Å²) in [6.07, 6.45) is 3.41. The summed E-state index contributed by atoms with van der Waals surface area (Å²) >= 11 is 0. The van der Waals surface area contributed by atoms with Gasteiger partial charge in [-0.2, -0.15) is 5.10 Å². The highest BCUT2D eigenvalue weighted by molar-refractivity contribution is 5.76. The van der Waals surface area contributed by atoms with Crippen molar-refractivity contribution < 1.29 is 9.53 Å². The summed E-state index contributed by atoms with van der Waals surface area (Å²) in [5.74, 6) is 0.0774. The third-order valence-electron chi connectivity index (χ3n) is 3.89. The minimum Gasteiger partial charge on any atom is -0.370 e. The molecule has 1 unspecified atom stereocenters. The van der Waals surface area contributed by atoms with Gasteiger partial charge >= 0.3 is 0 Å². The van der Waals surface area contributed by atoms with E-state index in [1.165, 1.54) is 0 Å². The molecule has 1 amide bonds. The van der Waals surface area contributed by atoms with Gasteiger partial charge in [-0.25, -0.2) is 0 Å². The van der Waals surface area contributed by atoms with Crippen LogP contribution in [0.2, 0.25) is 0 Å². The zero-order chi connectivity index (χ0) is 15.5. The molecule has 6 nitrogen and oxygen atoms in total. The number of amides is 1. The third kappa shape index (κ3) is 3.17. The second-order valence-corrected chi connectivity index (χ2v) is 5.56. The highest BCUT2D eigenvalue weighted by Crippen LogP contribution is 2.21. The maximum absolute atomic E-state index is 12.5. The number of rotatable bonds is 3. The van der Waals surface area contributed by atoms with E-state index in [0.29, 0.717) is 19.7 Å². The van der Waals surface area contributed by atoms with E-state index in [9.17, 15) is 4.79 Å². The van der Waals surface area contributed by atoms with Crippen LogP contribution in [0.15, 0.2) is 30.6 Å². The van der Waals surface area contributed by atoms with Gasteiger partial charge in [0.05, 0.1) is 18.8 Å². The number of aromatic nitrogens is 3. The summed E-state index contributed by atoms with van der Waals surface area (Å²) in [6.45, 7) is 5.93. The molecule has 1 aliphatic rings. The molecule has 2 aromatic rings. The molecule has 0 aliphatic carbocycles. The Morgan fingerprint density at radius 1 is 1.36 bits per heavy atom. The number of ether oxygens (including phenoxy) is 1. The van der Waals surface area contributed by atoms with Crippen LogP contribution in [-0.2, 0) is 16.1 Å². The number of nitrogens with zero attached hydrogens (tertiary/aromatic N) is 4. The Bertz CT molecular complexity index is 653. The van der Waals surface area contributed by atoms with Crippen molar-refractivity contribution in [3.63, 3.8) is 0 Å². The average molecular weight is 300 g/mol. The lowest BCUT2D eigenvalue weighted by Crippen LogP contribution is -2.43. The lowest BCUT2D eigenvalue weighted by molar-refractivity contribution is -0.139. The molecule has 0 N–H and O–H groups in total. The van der Waals surface area contributed by atoms with Crippen molar-refractivity contribution in [1.29, 1.82) is 0 Å². The zero-order valence-corrected chi connectivity index (χ0v) is 12.9. The normalized spacial score (nSPS) is 18.5. The molecule has 3 rings (SSSR count). The predicted molar refractivity (Wildman–Crippen MR) is 81.2 cm³/mol. The van der Waals surface area contributed by atoms with Gasteiger partial charge in [-0.3, -0.25) is 14.5 Å². The fourth-order valence-corrected chi connectivity index (χ4v) is 2.72. The smallest absolute Gasteiger partial charge is 0.244 e. The molecule has 1 atom stereocenters. The van der Waals surface area contributed by atoms with Gasteiger partial charge in [-0.1, -0.05) is 0 Å². The van der Waals surface area contributed by atoms with Crippen LogP contribution < -0.4 is 0 Å². The summed E-state index contributed by atoms with van der Waals surface area (Å²) in [7, 11) is 0. The Hall–Kier alpha value is -2.21. The highest BCUT2D eigenvalue weighted by Gasteiger charge is 2.25. The van der Waals surface area contributed by atoms with E-state index in [1.807, 2.05) is 36.9 Å². The van der Waals surface area contributed by atoms with Crippen LogP contribution >= 0.6 is 0 Å². The Balaban J connectivity index is 1.67. The largest absolute Gasteiger partial charge is 0.370 e. The molecular weight excluding hydrogens is 280 g/mol. The zero-order valence-electron chi connectivity index (χ0n) is 12.9. The quantitative estimate of drug-likeness (QED) is 0.862. The summed E-state index contributed by atoms with van der Waals surface area (Å²) in [5.41, 5.74) is 2.99. The van der Waals surface area contributed by atoms with Crippen LogP contribution in [0.5, 0.6) is 0 Å². The maximum atomic E-state index is 12.5. The summed E-state index contributed by atoms with van der Waals surface area (Å²) < 4.78 is 7.54. The summed E-state index contributed by atoms with van der Waals surface area (Å²) in [6, 6.07) is 5.84. The molecule has 6 heteroatoms. The first-order valence-corrected chi connectivity index (χ1v) is 7.44. The first-order valence-electron chi connectivity index (χ1n) is 7.44. The van der Waals surface area contributed by atoms with Gasteiger partial charge < -0.3 is 9.64 Å². The number of morpholine rings is 1. The first kappa shape index (κ1) is 14.7. The van der Waals surface area contributed by atoms with E-state index in [0.717, 1.165) is 17.0 Å². The third-order valence-corrected chi connectivity index (χ3v) is 3.89. The SMILES string of the molecule is Cc1cc(C)n(CC(=O)N2CCOC(c3ccncc3)C2)n1. The number of aryl methyl sites for hydroxylation is 2. The Labute approximate surface area is 129 Å². The summed E-state index contributed by atoms with van der Waals surface area (Å²) in [4.78, 5) is 18.4. The molecular formula is C16H20N4O2. The van der Waals surface area contributed by atoms with Crippen LogP contribution in [0.25, 0.3) is 0 Å². The Kier molecular flexibility index (Phi) is 4.20. The van der Waals surface area contributed by atoms with Gasteiger partial charge in [0.15, 0.2) is 0 Å². The molecule has 0 aromatic carbocycles. The lowest BCUT2D eigenvalue weighted by Gasteiger charge is -2.33. The van der Waals surface area contributed by atoms with E-state index in [4.69, 9.17) is 4.74 Å². The van der Waals surface area contributed by atoms with E-state index < -0.39 is 0 Å². The molecule has 1 saturated heterocycles. The van der Waals surface area contributed by atoms with Crippen LogP contribution in [0.1, 0.15) is 23.1 Å². The van der Waals surface area contributed by atoms with Crippen LogP contribution in [0.3, 0.4) is 0 Å². The predicted octanol–water partition coefficient (Wildman–Crippen LogP) is 1.50. The first-order chi connectivity index (χ1) is 10.6. The standard InChI is InChI=1S/C16H20N4O2/c1-12-9-13(2)20(18-12)11-16(21)19-7-8-22-15(10-19)14-3-5-17-6-4-14/h3-6,9,15H,7-8,10-11H2,1-2H3. The molecule has 116 valence electrons. The summed E-state index contributed by atoms with van der Waals surface area (Å²) in [5, 5.41) is 4.35. The van der Waals surface area contributed by atoms with Crippen LogP contribution in [0, 0.1) is 13.8 Å². The molecule has 3 heterocycles. The molecule has 0 radical (unpaired) electrons. The molecule has 22 heavy (non-hydrogen) atoms. The van der Waals surface area contributed by atoms with E-state index >= 15 is 0 Å².